The molecule has 1 aromatic heterocycles. The van der Waals surface area contributed by atoms with Crippen molar-refractivity contribution in [1.82, 2.24) is 4.90 Å². The molecule has 0 unspecified atom stereocenters. The topological polar surface area (TPSA) is 54.5 Å². The van der Waals surface area contributed by atoms with Crippen molar-refractivity contribution in [2.24, 2.45) is 0 Å². The van der Waals surface area contributed by atoms with Gasteiger partial charge >= 0.3 is 0 Å². The normalized spacial score (nSPS) is 16.2. The Hall–Kier alpha value is -0.560. The average Bonchev–Trinajstić information content (AvgIpc) is 2.63. The predicted octanol–water partition coefficient (Wildman–Crippen LogP) is 3.32. The number of ketones is 1. The van der Waals surface area contributed by atoms with E-state index < -0.39 is 5.24 Å². The van der Waals surface area contributed by atoms with E-state index in [0.29, 0.717) is 10.1 Å². The third-order valence-electron chi connectivity index (χ3n) is 2.32. The zero-order valence-corrected chi connectivity index (χ0v) is 12.1. The smallest absolute Gasteiger partial charge is 0.288 e. The van der Waals surface area contributed by atoms with Gasteiger partial charge in [0.05, 0.1) is 16.4 Å². The maximum atomic E-state index is 11.9. The molecule has 96 valence electrons. The van der Waals surface area contributed by atoms with Gasteiger partial charge in [0.2, 0.25) is 5.91 Å². The Morgan fingerprint density at radius 3 is 2.67 bits per heavy atom. The minimum atomic E-state index is -0.392. The van der Waals surface area contributed by atoms with Crippen LogP contribution >= 0.6 is 46.3 Å². The summed E-state index contributed by atoms with van der Waals surface area (Å²) in [6.07, 6.45) is 0.266. The monoisotopic (exact) mass is 323 g/mol. The third-order valence-corrected chi connectivity index (χ3v) is 4.68. The average molecular weight is 324 g/mol. The number of imide groups is 1. The SMILES string of the molecule is O=C(CN1C(=O)CCSC1=O)c1cc(Cl)sc1Cl. The molecule has 2 amide bonds. The van der Waals surface area contributed by atoms with Crippen molar-refractivity contribution in [2.75, 3.05) is 12.3 Å². The summed E-state index contributed by atoms with van der Waals surface area (Å²) >= 11 is 13.7. The van der Waals surface area contributed by atoms with Gasteiger partial charge in [-0.2, -0.15) is 0 Å². The van der Waals surface area contributed by atoms with Gasteiger partial charge in [-0.3, -0.25) is 19.3 Å². The molecule has 1 aliphatic heterocycles. The van der Waals surface area contributed by atoms with E-state index in [1.54, 1.807) is 0 Å². The van der Waals surface area contributed by atoms with Crippen molar-refractivity contribution in [1.29, 1.82) is 0 Å². The van der Waals surface area contributed by atoms with Crippen LogP contribution in [-0.2, 0) is 4.79 Å². The molecular formula is C10H7Cl2NO3S2. The highest BCUT2D eigenvalue weighted by atomic mass is 35.5. The Balaban J connectivity index is 2.13. The van der Waals surface area contributed by atoms with Gasteiger partial charge in [0.25, 0.3) is 5.24 Å². The Labute approximate surface area is 121 Å². The molecule has 4 nitrogen and oxygen atoms in total. The van der Waals surface area contributed by atoms with Crippen LogP contribution in [0.3, 0.4) is 0 Å². The Kier molecular flexibility index (Phi) is 4.32. The number of rotatable bonds is 3. The molecule has 18 heavy (non-hydrogen) atoms. The lowest BCUT2D eigenvalue weighted by molar-refractivity contribution is -0.127. The van der Waals surface area contributed by atoms with Crippen molar-refractivity contribution in [3.63, 3.8) is 0 Å². The number of amides is 2. The molecule has 0 radical (unpaired) electrons. The summed E-state index contributed by atoms with van der Waals surface area (Å²) in [6.45, 7) is -0.280. The summed E-state index contributed by atoms with van der Waals surface area (Å²) in [5.41, 5.74) is 0.253. The van der Waals surface area contributed by atoms with Gasteiger partial charge < -0.3 is 0 Å². The highest BCUT2D eigenvalue weighted by Gasteiger charge is 2.29. The first-order valence-electron chi connectivity index (χ1n) is 4.94. The number of Topliss-reactive ketones (excluding diaryl/α,β-unsaturated/α-hetero) is 1. The van der Waals surface area contributed by atoms with E-state index in [2.05, 4.69) is 0 Å². The largest absolute Gasteiger partial charge is 0.292 e. The Morgan fingerprint density at radius 2 is 2.11 bits per heavy atom. The fourth-order valence-electron chi connectivity index (χ4n) is 1.45. The van der Waals surface area contributed by atoms with Gasteiger partial charge in [-0.25, -0.2) is 0 Å². The Morgan fingerprint density at radius 1 is 1.39 bits per heavy atom. The number of hydrogen-bond acceptors (Lipinski definition) is 5. The molecule has 0 spiro atoms. The Bertz CT molecular complexity index is 513. The quantitative estimate of drug-likeness (QED) is 0.801. The molecule has 1 aliphatic rings. The van der Waals surface area contributed by atoms with Crippen molar-refractivity contribution >= 4 is 63.2 Å². The second-order valence-electron chi connectivity index (χ2n) is 3.51. The molecule has 0 aliphatic carbocycles. The molecule has 0 N–H and O–H groups in total. The lowest BCUT2D eigenvalue weighted by Crippen LogP contribution is -2.41. The van der Waals surface area contributed by atoms with Crippen LogP contribution in [0.15, 0.2) is 6.07 Å². The zero-order chi connectivity index (χ0) is 13.3. The van der Waals surface area contributed by atoms with Gasteiger partial charge in [0.15, 0.2) is 5.78 Å². The highest BCUT2D eigenvalue weighted by Crippen LogP contribution is 2.31. The number of thioether (sulfide) groups is 1. The maximum Gasteiger partial charge on any atom is 0.288 e. The lowest BCUT2D eigenvalue weighted by Gasteiger charge is -2.23. The van der Waals surface area contributed by atoms with Crippen LogP contribution < -0.4 is 0 Å². The number of halogens is 2. The van der Waals surface area contributed by atoms with Crippen LogP contribution in [0.2, 0.25) is 8.67 Å². The summed E-state index contributed by atoms with van der Waals surface area (Å²) in [6, 6.07) is 1.45. The van der Waals surface area contributed by atoms with Gasteiger partial charge in [-0.15, -0.1) is 11.3 Å². The molecule has 2 rings (SSSR count). The van der Waals surface area contributed by atoms with Gasteiger partial charge in [-0.05, 0) is 6.07 Å². The van der Waals surface area contributed by atoms with E-state index in [9.17, 15) is 14.4 Å². The number of carbonyl (C=O) groups is 3. The molecule has 0 aromatic carbocycles. The van der Waals surface area contributed by atoms with Gasteiger partial charge in [0.1, 0.15) is 4.34 Å². The molecular weight excluding hydrogens is 317 g/mol. The summed E-state index contributed by atoms with van der Waals surface area (Å²) in [4.78, 5) is 36.0. The minimum Gasteiger partial charge on any atom is -0.292 e. The second kappa shape index (κ2) is 5.61. The van der Waals surface area contributed by atoms with Crippen LogP contribution in [0.4, 0.5) is 4.79 Å². The molecule has 1 saturated heterocycles. The van der Waals surface area contributed by atoms with Crippen LogP contribution in [-0.4, -0.2) is 34.1 Å². The number of thiophene rings is 1. The zero-order valence-electron chi connectivity index (χ0n) is 8.94. The molecule has 2 heterocycles. The van der Waals surface area contributed by atoms with Gasteiger partial charge in [-0.1, -0.05) is 35.0 Å². The van der Waals surface area contributed by atoms with Crippen molar-refractivity contribution in [3.05, 3.63) is 20.3 Å². The summed E-state index contributed by atoms with van der Waals surface area (Å²) < 4.78 is 0.670. The first-order chi connectivity index (χ1) is 8.49. The first-order valence-corrected chi connectivity index (χ1v) is 7.50. The first kappa shape index (κ1) is 13.9. The van der Waals surface area contributed by atoms with E-state index in [-0.39, 0.29) is 34.6 Å². The maximum absolute atomic E-state index is 11.9. The molecule has 8 heteroatoms. The lowest BCUT2D eigenvalue weighted by atomic mass is 10.2. The number of hydrogen-bond donors (Lipinski definition) is 0. The third kappa shape index (κ3) is 2.88. The summed E-state index contributed by atoms with van der Waals surface area (Å²) in [5.74, 6) is -0.246. The van der Waals surface area contributed by atoms with E-state index in [0.717, 1.165) is 28.0 Å². The summed E-state index contributed by atoms with van der Waals surface area (Å²) in [7, 11) is 0. The molecule has 0 atom stereocenters. The minimum absolute atomic E-state index is 0.253. The fraction of sp³-hybridized carbons (Fsp3) is 0.300. The fourth-order valence-corrected chi connectivity index (χ4v) is 3.72. The second-order valence-corrected chi connectivity index (χ2v) is 6.84. The van der Waals surface area contributed by atoms with Crippen molar-refractivity contribution < 1.29 is 14.4 Å². The van der Waals surface area contributed by atoms with Crippen molar-refractivity contribution in [3.8, 4) is 0 Å². The molecule has 1 aromatic rings. The van der Waals surface area contributed by atoms with Crippen molar-refractivity contribution in [2.45, 2.75) is 6.42 Å². The van der Waals surface area contributed by atoms with E-state index >= 15 is 0 Å². The van der Waals surface area contributed by atoms with E-state index in [1.165, 1.54) is 6.07 Å². The molecule has 0 bridgehead atoms. The van der Waals surface area contributed by atoms with E-state index in [1.807, 2.05) is 0 Å². The number of nitrogens with zero attached hydrogens (tertiary/aromatic N) is 1. The van der Waals surface area contributed by atoms with Gasteiger partial charge in [0, 0.05) is 12.2 Å². The van der Waals surface area contributed by atoms with Crippen LogP contribution in [0, 0.1) is 0 Å². The van der Waals surface area contributed by atoms with E-state index in [4.69, 9.17) is 23.2 Å². The standard InChI is InChI=1S/C10H7Cl2NO3S2/c11-7-3-5(9(12)18-7)6(14)4-13-8(15)1-2-17-10(13)16/h3H,1-2,4H2. The molecule has 0 saturated carbocycles. The number of carbonyl (C=O) groups excluding carboxylic acids is 3. The molecule has 1 fully saturated rings. The predicted molar refractivity (Wildman–Crippen MR) is 72.9 cm³/mol. The van der Waals surface area contributed by atoms with Crippen LogP contribution in [0.1, 0.15) is 16.8 Å². The highest BCUT2D eigenvalue weighted by molar-refractivity contribution is 8.13. The summed E-state index contributed by atoms with van der Waals surface area (Å²) in [5, 5.41) is -0.392. The van der Waals surface area contributed by atoms with Crippen LogP contribution in [0.25, 0.3) is 0 Å². The van der Waals surface area contributed by atoms with Crippen LogP contribution in [0.5, 0.6) is 0 Å².